The minimum atomic E-state index is -0.277. The second kappa shape index (κ2) is 4.71. The van der Waals surface area contributed by atoms with Gasteiger partial charge in [-0.15, -0.1) is 0 Å². The molecule has 2 aliphatic carbocycles. The summed E-state index contributed by atoms with van der Waals surface area (Å²) in [6.07, 6.45) is 5.84. The van der Waals surface area contributed by atoms with Gasteiger partial charge in [0.2, 0.25) is 5.91 Å². The predicted octanol–water partition coefficient (Wildman–Crippen LogP) is 3.59. The number of benzene rings is 1. The Balaban J connectivity index is 1.54. The van der Waals surface area contributed by atoms with Crippen LogP contribution in [0, 0.1) is 23.6 Å². The summed E-state index contributed by atoms with van der Waals surface area (Å²) in [6.45, 7) is 0. The maximum atomic E-state index is 12.7. The maximum absolute atomic E-state index is 12.7. The third kappa shape index (κ3) is 2.40. The predicted molar refractivity (Wildman–Crippen MR) is 68.6 cm³/mol. The number of hydrogen-bond acceptors (Lipinski definition) is 1. The van der Waals surface area contributed by atoms with Crippen molar-refractivity contribution in [3.8, 4) is 0 Å². The fourth-order valence-electron chi connectivity index (χ4n) is 3.61. The van der Waals surface area contributed by atoms with Crippen molar-refractivity contribution in [2.75, 3.05) is 5.32 Å². The lowest BCUT2D eigenvalue weighted by Gasteiger charge is -2.20. The van der Waals surface area contributed by atoms with Crippen LogP contribution in [0.2, 0.25) is 0 Å². The molecule has 0 spiro atoms. The van der Waals surface area contributed by atoms with Crippen LogP contribution in [-0.4, -0.2) is 5.91 Å². The number of amides is 1. The number of rotatable bonds is 3. The number of fused-ring (bicyclic) bond motifs is 2. The molecular formula is C15H18FNO. The van der Waals surface area contributed by atoms with E-state index in [1.165, 1.54) is 37.8 Å². The normalized spacial score (nSPS) is 29.5. The molecule has 3 rings (SSSR count). The van der Waals surface area contributed by atoms with E-state index in [0.29, 0.717) is 18.0 Å². The van der Waals surface area contributed by atoms with Crippen LogP contribution < -0.4 is 5.32 Å². The summed E-state index contributed by atoms with van der Waals surface area (Å²) in [4.78, 5) is 11.9. The first-order valence-electron chi connectivity index (χ1n) is 6.76. The van der Waals surface area contributed by atoms with E-state index >= 15 is 0 Å². The Morgan fingerprint density at radius 2 is 2.00 bits per heavy atom. The van der Waals surface area contributed by atoms with Crippen molar-refractivity contribution in [3.05, 3.63) is 30.1 Å². The minimum Gasteiger partial charge on any atom is -0.326 e. The SMILES string of the molecule is O=C(C[C@H]1C[C@H]2CC[C@H]1C2)Nc1ccc(F)cc1. The van der Waals surface area contributed by atoms with E-state index in [1.54, 1.807) is 12.1 Å². The van der Waals surface area contributed by atoms with Crippen LogP contribution in [0.5, 0.6) is 0 Å². The highest BCUT2D eigenvalue weighted by Gasteiger charge is 2.40. The summed E-state index contributed by atoms with van der Waals surface area (Å²) >= 11 is 0. The first kappa shape index (κ1) is 11.7. The first-order valence-corrected chi connectivity index (χ1v) is 6.76. The molecule has 1 amide bonds. The molecule has 0 saturated heterocycles. The topological polar surface area (TPSA) is 29.1 Å². The van der Waals surface area contributed by atoms with E-state index in [0.717, 1.165) is 11.8 Å². The highest BCUT2D eigenvalue weighted by atomic mass is 19.1. The molecule has 2 saturated carbocycles. The van der Waals surface area contributed by atoms with Crippen LogP contribution in [0.3, 0.4) is 0 Å². The third-order valence-electron chi connectivity index (χ3n) is 4.46. The van der Waals surface area contributed by atoms with Gasteiger partial charge in [0, 0.05) is 12.1 Å². The second-order valence-electron chi connectivity index (χ2n) is 5.69. The Bertz CT molecular complexity index is 442. The standard InChI is InChI=1S/C15H18FNO/c16-13-3-5-14(6-4-13)17-15(18)9-12-8-10-1-2-11(12)7-10/h3-6,10-12H,1-2,7-9H2,(H,17,18)/t10-,11-,12+/m0/s1. The van der Waals surface area contributed by atoms with Crippen molar-refractivity contribution in [1.82, 2.24) is 0 Å². The lowest BCUT2D eigenvalue weighted by Crippen LogP contribution is -2.20. The zero-order chi connectivity index (χ0) is 12.5. The molecule has 0 aromatic heterocycles. The molecule has 1 aromatic carbocycles. The van der Waals surface area contributed by atoms with E-state index in [-0.39, 0.29) is 11.7 Å². The molecule has 2 nitrogen and oxygen atoms in total. The number of carbonyl (C=O) groups excluding carboxylic acids is 1. The van der Waals surface area contributed by atoms with Crippen LogP contribution in [0.25, 0.3) is 0 Å². The Morgan fingerprint density at radius 3 is 2.61 bits per heavy atom. The fourth-order valence-corrected chi connectivity index (χ4v) is 3.61. The van der Waals surface area contributed by atoms with E-state index in [1.807, 2.05) is 0 Å². The van der Waals surface area contributed by atoms with Crippen LogP contribution in [0.15, 0.2) is 24.3 Å². The zero-order valence-corrected chi connectivity index (χ0v) is 10.4. The van der Waals surface area contributed by atoms with Gasteiger partial charge in [-0.1, -0.05) is 6.42 Å². The lowest BCUT2D eigenvalue weighted by molar-refractivity contribution is -0.117. The summed E-state index contributed by atoms with van der Waals surface area (Å²) in [5, 5.41) is 2.85. The van der Waals surface area contributed by atoms with Crippen LogP contribution >= 0.6 is 0 Å². The molecule has 2 bridgehead atoms. The van der Waals surface area contributed by atoms with Crippen LogP contribution in [-0.2, 0) is 4.79 Å². The smallest absolute Gasteiger partial charge is 0.224 e. The van der Waals surface area contributed by atoms with E-state index in [4.69, 9.17) is 0 Å². The van der Waals surface area contributed by atoms with Gasteiger partial charge in [-0.2, -0.15) is 0 Å². The van der Waals surface area contributed by atoms with Gasteiger partial charge >= 0.3 is 0 Å². The Morgan fingerprint density at radius 1 is 1.22 bits per heavy atom. The van der Waals surface area contributed by atoms with Crippen molar-refractivity contribution in [2.45, 2.75) is 32.1 Å². The maximum Gasteiger partial charge on any atom is 0.224 e. The van der Waals surface area contributed by atoms with Gasteiger partial charge in [-0.25, -0.2) is 4.39 Å². The van der Waals surface area contributed by atoms with Gasteiger partial charge in [-0.3, -0.25) is 4.79 Å². The molecule has 0 radical (unpaired) electrons. The van der Waals surface area contributed by atoms with Gasteiger partial charge < -0.3 is 5.32 Å². The minimum absolute atomic E-state index is 0.0687. The van der Waals surface area contributed by atoms with Crippen molar-refractivity contribution in [1.29, 1.82) is 0 Å². The van der Waals surface area contributed by atoms with E-state index < -0.39 is 0 Å². The van der Waals surface area contributed by atoms with Crippen LogP contribution in [0.4, 0.5) is 10.1 Å². The van der Waals surface area contributed by atoms with Crippen LogP contribution in [0.1, 0.15) is 32.1 Å². The fraction of sp³-hybridized carbons (Fsp3) is 0.533. The molecule has 2 fully saturated rings. The van der Waals surface area contributed by atoms with Crippen molar-refractivity contribution < 1.29 is 9.18 Å². The second-order valence-corrected chi connectivity index (χ2v) is 5.69. The first-order chi connectivity index (χ1) is 8.70. The molecule has 0 unspecified atom stereocenters. The highest BCUT2D eigenvalue weighted by molar-refractivity contribution is 5.90. The average molecular weight is 247 g/mol. The summed E-state index contributed by atoms with van der Waals surface area (Å²) in [6, 6.07) is 5.95. The van der Waals surface area contributed by atoms with Gasteiger partial charge in [0.25, 0.3) is 0 Å². The molecule has 0 aliphatic heterocycles. The molecular weight excluding hydrogens is 229 g/mol. The van der Waals surface area contributed by atoms with Crippen molar-refractivity contribution in [3.63, 3.8) is 0 Å². The third-order valence-corrected chi connectivity index (χ3v) is 4.46. The molecule has 3 heteroatoms. The highest BCUT2D eigenvalue weighted by Crippen LogP contribution is 2.49. The lowest BCUT2D eigenvalue weighted by atomic mass is 9.86. The number of halogens is 1. The Kier molecular flexibility index (Phi) is 3.06. The van der Waals surface area contributed by atoms with Crippen molar-refractivity contribution in [2.24, 2.45) is 17.8 Å². The molecule has 18 heavy (non-hydrogen) atoms. The summed E-state index contributed by atoms with van der Waals surface area (Å²) in [5.74, 6) is 2.01. The monoisotopic (exact) mass is 247 g/mol. The molecule has 1 N–H and O–H groups in total. The quantitative estimate of drug-likeness (QED) is 0.869. The Labute approximate surface area is 107 Å². The largest absolute Gasteiger partial charge is 0.326 e. The summed E-state index contributed by atoms with van der Waals surface area (Å²) in [5.41, 5.74) is 0.685. The summed E-state index contributed by atoms with van der Waals surface area (Å²) < 4.78 is 12.7. The molecule has 2 aliphatic rings. The van der Waals surface area contributed by atoms with Gasteiger partial charge in [0.1, 0.15) is 5.82 Å². The van der Waals surface area contributed by atoms with E-state index in [9.17, 15) is 9.18 Å². The molecule has 1 aromatic rings. The number of carbonyl (C=O) groups is 1. The molecule has 96 valence electrons. The number of nitrogens with one attached hydrogen (secondary N) is 1. The molecule has 0 heterocycles. The van der Waals surface area contributed by atoms with E-state index in [2.05, 4.69) is 5.32 Å². The number of anilines is 1. The Hall–Kier alpha value is -1.38. The summed E-state index contributed by atoms with van der Waals surface area (Å²) in [7, 11) is 0. The van der Waals surface area contributed by atoms with Crippen molar-refractivity contribution >= 4 is 11.6 Å². The van der Waals surface area contributed by atoms with Gasteiger partial charge in [-0.05, 0) is 61.3 Å². The van der Waals surface area contributed by atoms with Gasteiger partial charge in [0.05, 0.1) is 0 Å². The van der Waals surface area contributed by atoms with Gasteiger partial charge in [0.15, 0.2) is 0 Å². The average Bonchev–Trinajstić information content (AvgIpc) is 2.94. The molecule has 3 atom stereocenters. The zero-order valence-electron chi connectivity index (χ0n) is 10.4. The number of hydrogen-bond donors (Lipinski definition) is 1.